The Morgan fingerprint density at radius 2 is 1.68 bits per heavy atom. The third-order valence-electron chi connectivity index (χ3n) is 5.05. The van der Waals surface area contributed by atoms with E-state index in [0.717, 1.165) is 11.1 Å². The summed E-state index contributed by atoms with van der Waals surface area (Å²) in [6.07, 6.45) is 1.71. The minimum absolute atomic E-state index is 0.127. The highest BCUT2D eigenvalue weighted by Crippen LogP contribution is 2.17. The van der Waals surface area contributed by atoms with Crippen molar-refractivity contribution in [3.63, 3.8) is 0 Å². The Bertz CT molecular complexity index is 1240. The maximum Gasteiger partial charge on any atom is 0.287 e. The highest BCUT2D eigenvalue weighted by molar-refractivity contribution is 6.00. The fourth-order valence-corrected chi connectivity index (χ4v) is 3.39. The average molecular weight is 458 g/mol. The summed E-state index contributed by atoms with van der Waals surface area (Å²) in [4.78, 5) is 25.7. The number of nitrogens with one attached hydrogen (secondary N) is 2. The maximum absolute atomic E-state index is 13.3. The second-order valence-corrected chi connectivity index (χ2v) is 7.63. The third kappa shape index (κ3) is 6.32. The number of rotatable bonds is 9. The molecule has 0 aliphatic rings. The molecule has 4 rings (SSSR count). The first kappa shape index (κ1) is 22.8. The zero-order valence-corrected chi connectivity index (χ0v) is 18.2. The van der Waals surface area contributed by atoms with Crippen molar-refractivity contribution in [2.24, 2.45) is 0 Å². The summed E-state index contributed by atoms with van der Waals surface area (Å²) in [5.74, 6) is -0.676. The molecule has 4 aromatic rings. The van der Waals surface area contributed by atoms with Crippen molar-refractivity contribution in [2.45, 2.75) is 19.1 Å². The number of furan rings is 1. The Kier molecular flexibility index (Phi) is 7.35. The lowest BCUT2D eigenvalue weighted by Gasteiger charge is -2.18. The van der Waals surface area contributed by atoms with Crippen molar-refractivity contribution in [1.29, 1.82) is 0 Å². The van der Waals surface area contributed by atoms with Crippen molar-refractivity contribution >= 4 is 17.5 Å². The van der Waals surface area contributed by atoms with E-state index >= 15 is 0 Å². The van der Waals surface area contributed by atoms with E-state index < -0.39 is 11.9 Å². The molecule has 1 unspecified atom stereocenters. The Balaban J connectivity index is 1.44. The van der Waals surface area contributed by atoms with Crippen molar-refractivity contribution in [3.8, 4) is 5.75 Å². The monoisotopic (exact) mass is 458 g/mol. The van der Waals surface area contributed by atoms with Gasteiger partial charge >= 0.3 is 0 Å². The predicted octanol–water partition coefficient (Wildman–Crippen LogP) is 4.98. The smallest absolute Gasteiger partial charge is 0.287 e. The molecule has 0 fully saturated rings. The Labute approximate surface area is 196 Å². The van der Waals surface area contributed by atoms with E-state index in [9.17, 15) is 14.0 Å². The lowest BCUT2D eigenvalue weighted by atomic mass is 10.0. The van der Waals surface area contributed by atoms with E-state index in [2.05, 4.69) is 10.6 Å². The van der Waals surface area contributed by atoms with Crippen LogP contribution in [0.4, 0.5) is 10.1 Å². The second-order valence-electron chi connectivity index (χ2n) is 7.63. The van der Waals surface area contributed by atoms with E-state index in [1.54, 1.807) is 36.4 Å². The van der Waals surface area contributed by atoms with Crippen LogP contribution in [0.2, 0.25) is 0 Å². The number of carbonyl (C=O) groups excluding carboxylic acids is 2. The van der Waals surface area contributed by atoms with Crippen LogP contribution >= 0.6 is 0 Å². The lowest BCUT2D eigenvalue weighted by molar-refractivity contribution is -0.118. The van der Waals surface area contributed by atoms with E-state index in [-0.39, 0.29) is 24.1 Å². The van der Waals surface area contributed by atoms with Gasteiger partial charge in [0.15, 0.2) is 5.76 Å². The molecule has 0 saturated heterocycles. The summed E-state index contributed by atoms with van der Waals surface area (Å²) in [7, 11) is 0. The fourth-order valence-electron chi connectivity index (χ4n) is 3.39. The number of halogens is 1. The molecule has 6 nitrogen and oxygen atoms in total. The topological polar surface area (TPSA) is 80.6 Å². The highest BCUT2D eigenvalue weighted by atomic mass is 19.1. The molecule has 0 bridgehead atoms. The third-order valence-corrected chi connectivity index (χ3v) is 5.05. The van der Waals surface area contributed by atoms with Crippen molar-refractivity contribution in [1.82, 2.24) is 5.32 Å². The molecule has 1 heterocycles. The Morgan fingerprint density at radius 1 is 0.882 bits per heavy atom. The summed E-state index contributed by atoms with van der Waals surface area (Å²) in [6, 6.07) is 24.8. The number of ether oxygens (including phenoxy) is 1. The molecule has 0 aliphatic carbocycles. The molecule has 0 spiro atoms. The molecule has 172 valence electrons. The van der Waals surface area contributed by atoms with Gasteiger partial charge in [-0.15, -0.1) is 0 Å². The molecule has 2 amide bonds. The van der Waals surface area contributed by atoms with E-state index in [1.807, 2.05) is 36.4 Å². The summed E-state index contributed by atoms with van der Waals surface area (Å²) in [5.41, 5.74) is 2.25. The lowest BCUT2D eigenvalue weighted by Crippen LogP contribution is -2.45. The van der Waals surface area contributed by atoms with Gasteiger partial charge in [0.05, 0.1) is 6.26 Å². The molecule has 2 N–H and O–H groups in total. The highest BCUT2D eigenvalue weighted by Gasteiger charge is 2.23. The number of benzene rings is 3. The predicted molar refractivity (Wildman–Crippen MR) is 126 cm³/mol. The van der Waals surface area contributed by atoms with Gasteiger partial charge in [-0.25, -0.2) is 4.39 Å². The standard InChI is InChI=1S/C27H23FN2O4/c28-21-10-5-12-23(17-21)34-18-20-9-4-11-22(15-20)29-26(31)24(16-19-7-2-1-3-8-19)30-27(32)25-13-6-14-33-25/h1-15,17,24H,16,18H2,(H,29,31)(H,30,32). The van der Waals surface area contributed by atoms with Gasteiger partial charge in [-0.05, 0) is 47.5 Å². The van der Waals surface area contributed by atoms with Gasteiger partial charge in [-0.2, -0.15) is 0 Å². The van der Waals surface area contributed by atoms with Gasteiger partial charge in [0.1, 0.15) is 24.2 Å². The van der Waals surface area contributed by atoms with Gasteiger partial charge in [-0.1, -0.05) is 48.5 Å². The first-order chi connectivity index (χ1) is 16.6. The van der Waals surface area contributed by atoms with Crippen LogP contribution in [0.15, 0.2) is 102 Å². The van der Waals surface area contributed by atoms with E-state index in [1.165, 1.54) is 24.5 Å². The van der Waals surface area contributed by atoms with E-state index in [0.29, 0.717) is 17.9 Å². The van der Waals surface area contributed by atoms with Crippen LogP contribution in [0.3, 0.4) is 0 Å². The first-order valence-corrected chi connectivity index (χ1v) is 10.7. The van der Waals surface area contributed by atoms with Gasteiger partial charge < -0.3 is 19.8 Å². The molecule has 34 heavy (non-hydrogen) atoms. The van der Waals surface area contributed by atoms with E-state index in [4.69, 9.17) is 9.15 Å². The van der Waals surface area contributed by atoms with Gasteiger partial charge in [0, 0.05) is 18.2 Å². The number of hydrogen-bond donors (Lipinski definition) is 2. The first-order valence-electron chi connectivity index (χ1n) is 10.7. The van der Waals surface area contributed by atoms with Crippen LogP contribution in [0.25, 0.3) is 0 Å². The zero-order chi connectivity index (χ0) is 23.8. The van der Waals surface area contributed by atoms with Gasteiger partial charge in [-0.3, -0.25) is 9.59 Å². The van der Waals surface area contributed by atoms with Gasteiger partial charge in [0.2, 0.25) is 5.91 Å². The average Bonchev–Trinajstić information content (AvgIpc) is 3.39. The van der Waals surface area contributed by atoms with Crippen LogP contribution in [0, 0.1) is 5.82 Å². The van der Waals surface area contributed by atoms with Crippen molar-refractivity contribution in [2.75, 3.05) is 5.32 Å². The Morgan fingerprint density at radius 3 is 2.44 bits per heavy atom. The summed E-state index contributed by atoms with van der Waals surface area (Å²) >= 11 is 0. The van der Waals surface area contributed by atoms with Crippen LogP contribution < -0.4 is 15.4 Å². The second kappa shape index (κ2) is 11.0. The number of hydrogen-bond acceptors (Lipinski definition) is 4. The SMILES string of the molecule is O=C(NC(Cc1ccccc1)C(=O)Nc1cccc(COc2cccc(F)c2)c1)c1ccco1. The van der Waals surface area contributed by atoms with Crippen molar-refractivity contribution < 1.29 is 23.1 Å². The largest absolute Gasteiger partial charge is 0.489 e. The zero-order valence-electron chi connectivity index (χ0n) is 18.2. The molecule has 7 heteroatoms. The van der Waals surface area contributed by atoms with Crippen LogP contribution in [-0.4, -0.2) is 17.9 Å². The minimum Gasteiger partial charge on any atom is -0.489 e. The number of amides is 2. The molecule has 3 aromatic carbocycles. The number of anilines is 1. The molecule has 0 aliphatic heterocycles. The van der Waals surface area contributed by atoms with Crippen molar-refractivity contribution in [3.05, 3.63) is 120 Å². The summed E-state index contributed by atoms with van der Waals surface area (Å²) in [5, 5.41) is 5.61. The van der Waals surface area contributed by atoms with Gasteiger partial charge in [0.25, 0.3) is 5.91 Å². The molecular formula is C27H23FN2O4. The normalized spacial score (nSPS) is 11.4. The summed E-state index contributed by atoms with van der Waals surface area (Å²) < 4.78 is 24.1. The molecular weight excluding hydrogens is 435 g/mol. The fraction of sp³-hybridized carbons (Fsp3) is 0.111. The van der Waals surface area contributed by atoms with Crippen LogP contribution in [-0.2, 0) is 17.8 Å². The van der Waals surface area contributed by atoms with Crippen LogP contribution in [0.1, 0.15) is 21.7 Å². The Hall–Kier alpha value is -4.39. The van der Waals surface area contributed by atoms with Crippen LogP contribution in [0.5, 0.6) is 5.75 Å². The molecule has 1 aromatic heterocycles. The quantitative estimate of drug-likeness (QED) is 0.371. The number of carbonyl (C=O) groups is 2. The molecule has 1 atom stereocenters. The minimum atomic E-state index is -0.827. The summed E-state index contributed by atoms with van der Waals surface area (Å²) in [6.45, 7) is 0.204. The molecule has 0 saturated carbocycles. The maximum atomic E-state index is 13.3. The molecule has 0 radical (unpaired) electrons.